The lowest BCUT2D eigenvalue weighted by atomic mass is 10.2. The van der Waals surface area contributed by atoms with E-state index in [0.717, 1.165) is 18.5 Å². The highest BCUT2D eigenvalue weighted by Crippen LogP contribution is 2.28. The van der Waals surface area contributed by atoms with E-state index in [-0.39, 0.29) is 5.82 Å². The molecule has 1 unspecified atom stereocenters. The van der Waals surface area contributed by atoms with Crippen LogP contribution >= 0.6 is 11.8 Å². The number of hydrogen-bond acceptors (Lipinski definition) is 2. The van der Waals surface area contributed by atoms with Gasteiger partial charge in [-0.3, -0.25) is 0 Å². The van der Waals surface area contributed by atoms with Gasteiger partial charge in [-0.15, -0.1) is 11.8 Å². The Morgan fingerprint density at radius 3 is 2.73 bits per heavy atom. The second-order valence-corrected chi connectivity index (χ2v) is 4.96. The fraction of sp³-hybridized carbons (Fsp3) is 0.500. The van der Waals surface area contributed by atoms with E-state index in [1.807, 2.05) is 31.8 Å². The van der Waals surface area contributed by atoms with E-state index in [1.54, 1.807) is 6.07 Å². The summed E-state index contributed by atoms with van der Waals surface area (Å²) in [6.45, 7) is 5.11. The van der Waals surface area contributed by atoms with Crippen LogP contribution in [-0.2, 0) is 0 Å². The maximum Gasteiger partial charge on any atom is 0.123 e. The average Bonchev–Trinajstić information content (AvgIpc) is 2.21. The molecule has 1 nitrogen and oxygen atoms in total. The highest BCUT2D eigenvalue weighted by molar-refractivity contribution is 8.00. The zero-order valence-electron chi connectivity index (χ0n) is 9.51. The van der Waals surface area contributed by atoms with Crippen LogP contribution in [0.2, 0.25) is 0 Å². The topological polar surface area (TPSA) is 12.0 Å². The van der Waals surface area contributed by atoms with E-state index in [9.17, 15) is 4.39 Å². The summed E-state index contributed by atoms with van der Waals surface area (Å²) in [4.78, 5) is 1.18. The molecule has 0 heterocycles. The summed E-state index contributed by atoms with van der Waals surface area (Å²) < 4.78 is 12.9. The Morgan fingerprint density at radius 1 is 1.47 bits per heavy atom. The molecule has 0 spiro atoms. The first-order chi connectivity index (χ1) is 7.17. The maximum absolute atomic E-state index is 12.9. The SMILES string of the molecule is CCC(CNC)Sc1ccc(F)cc1C. The Balaban J connectivity index is 2.70. The van der Waals surface area contributed by atoms with Gasteiger partial charge in [0.2, 0.25) is 0 Å². The zero-order chi connectivity index (χ0) is 11.3. The van der Waals surface area contributed by atoms with Gasteiger partial charge in [0.15, 0.2) is 0 Å². The lowest BCUT2D eigenvalue weighted by molar-refractivity contribution is 0.625. The molecule has 84 valence electrons. The van der Waals surface area contributed by atoms with Gasteiger partial charge in [0.25, 0.3) is 0 Å². The largest absolute Gasteiger partial charge is 0.319 e. The van der Waals surface area contributed by atoms with Gasteiger partial charge in [0, 0.05) is 16.7 Å². The predicted octanol–water partition coefficient (Wildman–Crippen LogP) is 3.22. The molecule has 1 aromatic rings. The van der Waals surface area contributed by atoms with Gasteiger partial charge in [-0.2, -0.15) is 0 Å². The molecule has 1 N–H and O–H groups in total. The molecular weight excluding hydrogens is 209 g/mol. The minimum Gasteiger partial charge on any atom is -0.319 e. The summed E-state index contributed by atoms with van der Waals surface area (Å²) in [5, 5.41) is 3.73. The number of rotatable bonds is 5. The second kappa shape index (κ2) is 6.13. The molecule has 0 bridgehead atoms. The third-order valence-corrected chi connectivity index (χ3v) is 3.86. The Hall–Kier alpha value is -0.540. The van der Waals surface area contributed by atoms with Crippen molar-refractivity contribution in [2.75, 3.05) is 13.6 Å². The van der Waals surface area contributed by atoms with Crippen LogP contribution in [0.1, 0.15) is 18.9 Å². The molecule has 0 aliphatic heterocycles. The van der Waals surface area contributed by atoms with Crippen molar-refractivity contribution in [3.05, 3.63) is 29.6 Å². The van der Waals surface area contributed by atoms with Crippen LogP contribution in [0.5, 0.6) is 0 Å². The fourth-order valence-electron chi connectivity index (χ4n) is 1.42. The molecule has 0 aliphatic rings. The number of aryl methyl sites for hydroxylation is 1. The lowest BCUT2D eigenvalue weighted by Crippen LogP contribution is -2.20. The zero-order valence-corrected chi connectivity index (χ0v) is 10.3. The third-order valence-electron chi connectivity index (χ3n) is 2.32. The van der Waals surface area contributed by atoms with Crippen molar-refractivity contribution in [1.29, 1.82) is 0 Å². The van der Waals surface area contributed by atoms with Crippen molar-refractivity contribution in [2.24, 2.45) is 0 Å². The highest BCUT2D eigenvalue weighted by Gasteiger charge is 2.09. The molecule has 0 saturated carbocycles. The molecule has 15 heavy (non-hydrogen) atoms. The number of benzene rings is 1. The molecule has 3 heteroatoms. The number of halogens is 1. The predicted molar refractivity (Wildman–Crippen MR) is 65.0 cm³/mol. The van der Waals surface area contributed by atoms with Crippen LogP contribution in [0.25, 0.3) is 0 Å². The van der Waals surface area contributed by atoms with Gasteiger partial charge < -0.3 is 5.32 Å². The monoisotopic (exact) mass is 227 g/mol. The van der Waals surface area contributed by atoms with Crippen LogP contribution < -0.4 is 5.32 Å². The van der Waals surface area contributed by atoms with E-state index in [4.69, 9.17) is 0 Å². The van der Waals surface area contributed by atoms with Gasteiger partial charge in [-0.25, -0.2) is 4.39 Å². The van der Waals surface area contributed by atoms with Gasteiger partial charge in [-0.05, 0) is 44.2 Å². The smallest absolute Gasteiger partial charge is 0.123 e. The van der Waals surface area contributed by atoms with Crippen LogP contribution in [0.4, 0.5) is 4.39 Å². The standard InChI is InChI=1S/C12H18FNS/c1-4-11(8-14-3)15-12-6-5-10(13)7-9(12)2/h5-7,11,14H,4,8H2,1-3H3. The Bertz CT molecular complexity index is 314. The van der Waals surface area contributed by atoms with Crippen molar-refractivity contribution < 1.29 is 4.39 Å². The van der Waals surface area contributed by atoms with Gasteiger partial charge in [-0.1, -0.05) is 6.92 Å². The van der Waals surface area contributed by atoms with Crippen molar-refractivity contribution >= 4 is 11.8 Å². The first kappa shape index (κ1) is 12.5. The van der Waals surface area contributed by atoms with Gasteiger partial charge in [0.05, 0.1) is 0 Å². The quantitative estimate of drug-likeness (QED) is 0.775. The second-order valence-electron chi connectivity index (χ2n) is 3.62. The molecule has 0 aliphatic carbocycles. The molecule has 1 atom stereocenters. The molecule has 0 amide bonds. The van der Waals surface area contributed by atoms with E-state index in [1.165, 1.54) is 11.0 Å². The van der Waals surface area contributed by atoms with E-state index in [2.05, 4.69) is 12.2 Å². The van der Waals surface area contributed by atoms with Crippen molar-refractivity contribution in [1.82, 2.24) is 5.32 Å². The number of thioether (sulfide) groups is 1. The molecule has 1 aromatic carbocycles. The molecule has 0 aromatic heterocycles. The summed E-state index contributed by atoms with van der Waals surface area (Å²) >= 11 is 1.82. The van der Waals surface area contributed by atoms with E-state index >= 15 is 0 Å². The summed E-state index contributed by atoms with van der Waals surface area (Å²) in [6.07, 6.45) is 1.11. The van der Waals surface area contributed by atoms with Crippen LogP contribution in [0.3, 0.4) is 0 Å². The van der Waals surface area contributed by atoms with Crippen molar-refractivity contribution in [3.8, 4) is 0 Å². The van der Waals surface area contributed by atoms with E-state index in [0.29, 0.717) is 5.25 Å². The van der Waals surface area contributed by atoms with E-state index < -0.39 is 0 Å². The number of nitrogens with one attached hydrogen (secondary N) is 1. The Labute approximate surface area is 95.5 Å². The fourth-order valence-corrected chi connectivity index (χ4v) is 2.59. The average molecular weight is 227 g/mol. The third kappa shape index (κ3) is 3.84. The summed E-state index contributed by atoms with van der Waals surface area (Å²) in [5.74, 6) is -0.154. The highest BCUT2D eigenvalue weighted by atomic mass is 32.2. The molecule has 0 radical (unpaired) electrons. The summed E-state index contributed by atoms with van der Waals surface area (Å²) in [5.41, 5.74) is 1.02. The van der Waals surface area contributed by atoms with Crippen LogP contribution in [-0.4, -0.2) is 18.8 Å². The first-order valence-corrected chi connectivity index (χ1v) is 6.12. The van der Waals surface area contributed by atoms with Gasteiger partial charge in [0.1, 0.15) is 5.82 Å². The maximum atomic E-state index is 12.9. The molecule has 0 fully saturated rings. The molecule has 1 rings (SSSR count). The minimum atomic E-state index is -0.154. The molecular formula is C12H18FNS. The van der Waals surface area contributed by atoms with Crippen molar-refractivity contribution in [3.63, 3.8) is 0 Å². The van der Waals surface area contributed by atoms with Crippen LogP contribution in [0.15, 0.2) is 23.1 Å². The molecule has 0 saturated heterocycles. The summed E-state index contributed by atoms with van der Waals surface area (Å²) in [6, 6.07) is 4.99. The number of hydrogen-bond donors (Lipinski definition) is 1. The lowest BCUT2D eigenvalue weighted by Gasteiger charge is -2.15. The van der Waals surface area contributed by atoms with Crippen LogP contribution in [0, 0.1) is 12.7 Å². The first-order valence-electron chi connectivity index (χ1n) is 5.24. The normalized spacial score (nSPS) is 12.8. The van der Waals surface area contributed by atoms with Gasteiger partial charge >= 0.3 is 0 Å². The Morgan fingerprint density at radius 2 is 2.20 bits per heavy atom. The Kier molecular flexibility index (Phi) is 5.12. The minimum absolute atomic E-state index is 0.154. The summed E-state index contributed by atoms with van der Waals surface area (Å²) in [7, 11) is 1.96. The van der Waals surface area contributed by atoms with Crippen molar-refractivity contribution in [2.45, 2.75) is 30.4 Å².